The lowest BCUT2D eigenvalue weighted by molar-refractivity contribution is -0.131. The molecule has 5 nitrogen and oxygen atoms in total. The Morgan fingerprint density at radius 3 is 2.83 bits per heavy atom. The summed E-state index contributed by atoms with van der Waals surface area (Å²) in [7, 11) is 0. The molecule has 4 rings (SSSR count). The van der Waals surface area contributed by atoms with E-state index in [1.54, 1.807) is 0 Å². The normalized spacial score (nSPS) is 28.4. The van der Waals surface area contributed by atoms with E-state index in [4.69, 9.17) is 4.74 Å². The monoisotopic (exact) mass is 330 g/mol. The summed E-state index contributed by atoms with van der Waals surface area (Å²) < 4.78 is 6.01. The van der Waals surface area contributed by atoms with E-state index in [1.165, 1.54) is 6.92 Å². The summed E-state index contributed by atoms with van der Waals surface area (Å²) in [5, 5.41) is 13.8. The van der Waals surface area contributed by atoms with Gasteiger partial charge < -0.3 is 20.1 Å². The van der Waals surface area contributed by atoms with Gasteiger partial charge in [-0.1, -0.05) is 6.08 Å². The third-order valence-corrected chi connectivity index (χ3v) is 5.07. The molecule has 0 spiro atoms. The minimum Gasteiger partial charge on any atom is -0.490 e. The summed E-state index contributed by atoms with van der Waals surface area (Å²) >= 11 is 0. The molecule has 1 aromatic carbocycles. The number of piperidine rings is 3. The number of ether oxygens (including phenoxy) is 1. The van der Waals surface area contributed by atoms with Crippen molar-refractivity contribution >= 4 is 11.6 Å². The van der Waals surface area contributed by atoms with Gasteiger partial charge in [0, 0.05) is 19.2 Å². The van der Waals surface area contributed by atoms with Crippen molar-refractivity contribution in [1.82, 2.24) is 4.90 Å². The molecule has 0 radical (unpaired) electrons. The number of benzene rings is 1. The second-order valence-electron chi connectivity index (χ2n) is 6.94. The predicted molar refractivity (Wildman–Crippen MR) is 94.3 cm³/mol. The van der Waals surface area contributed by atoms with Crippen LogP contribution in [0.2, 0.25) is 0 Å². The van der Waals surface area contributed by atoms with Crippen LogP contribution < -0.4 is 10.1 Å². The minimum absolute atomic E-state index is 0.102. The fourth-order valence-corrected chi connectivity index (χ4v) is 3.83. The number of aliphatic hydroxyl groups is 1. The molecule has 3 fully saturated rings. The number of nitrogens with zero attached hydrogens (tertiary/aromatic N) is 1. The van der Waals surface area contributed by atoms with Crippen LogP contribution in [-0.2, 0) is 11.2 Å². The zero-order valence-electron chi connectivity index (χ0n) is 14.3. The number of rotatable bonds is 6. The lowest BCUT2D eigenvalue weighted by atomic mass is 9.76. The average Bonchev–Trinajstić information content (AvgIpc) is 2.55. The maximum atomic E-state index is 11.2. The second-order valence-corrected chi connectivity index (χ2v) is 6.94. The number of fused-ring (bicyclic) bond motifs is 3. The van der Waals surface area contributed by atoms with Crippen LogP contribution in [0.1, 0.15) is 25.3 Å². The van der Waals surface area contributed by atoms with Gasteiger partial charge in [0.05, 0.1) is 0 Å². The van der Waals surface area contributed by atoms with Crippen molar-refractivity contribution in [3.63, 3.8) is 0 Å². The standard InChI is InChI=1S/C19H26N2O3/c1-3-4-15-11-17(20-14(2)22)5-6-18(15)24-13-19(23)12-21-9-7-16(19)8-10-21/h3,5-6,11,16,23H,1,4,7-10,12-13H2,2H3,(H,20,22). The molecule has 2 N–H and O–H groups in total. The summed E-state index contributed by atoms with van der Waals surface area (Å²) in [6.45, 7) is 8.43. The van der Waals surface area contributed by atoms with Gasteiger partial charge in [0.1, 0.15) is 18.0 Å². The summed E-state index contributed by atoms with van der Waals surface area (Å²) in [6, 6.07) is 5.58. The van der Waals surface area contributed by atoms with Crippen molar-refractivity contribution in [2.45, 2.75) is 31.8 Å². The number of carbonyl (C=O) groups excluding carboxylic acids is 1. The summed E-state index contributed by atoms with van der Waals surface area (Å²) in [5.41, 5.74) is 0.938. The van der Waals surface area contributed by atoms with E-state index in [9.17, 15) is 9.90 Å². The Kier molecular flexibility index (Phi) is 4.92. The molecule has 2 bridgehead atoms. The van der Waals surface area contributed by atoms with Crippen molar-refractivity contribution in [3.05, 3.63) is 36.4 Å². The van der Waals surface area contributed by atoms with E-state index in [-0.39, 0.29) is 5.91 Å². The first-order chi connectivity index (χ1) is 11.5. The summed E-state index contributed by atoms with van der Waals surface area (Å²) in [6.07, 6.45) is 4.54. The van der Waals surface area contributed by atoms with Crippen LogP contribution in [-0.4, -0.2) is 47.8 Å². The van der Waals surface area contributed by atoms with Crippen molar-refractivity contribution in [1.29, 1.82) is 0 Å². The van der Waals surface area contributed by atoms with Gasteiger partial charge in [-0.05, 0) is 62.0 Å². The number of carbonyl (C=O) groups is 1. The fraction of sp³-hybridized carbons (Fsp3) is 0.526. The Morgan fingerprint density at radius 2 is 2.25 bits per heavy atom. The first-order valence-electron chi connectivity index (χ1n) is 8.59. The zero-order chi connectivity index (χ0) is 17.2. The fourth-order valence-electron chi connectivity index (χ4n) is 3.83. The molecular formula is C19H26N2O3. The van der Waals surface area contributed by atoms with Gasteiger partial charge in [-0.15, -0.1) is 6.58 Å². The van der Waals surface area contributed by atoms with E-state index < -0.39 is 5.60 Å². The van der Waals surface area contributed by atoms with Crippen LogP contribution in [0.4, 0.5) is 5.69 Å². The molecule has 24 heavy (non-hydrogen) atoms. The minimum atomic E-state index is -0.766. The smallest absolute Gasteiger partial charge is 0.221 e. The molecule has 130 valence electrons. The molecule has 0 saturated carbocycles. The maximum absolute atomic E-state index is 11.2. The van der Waals surface area contributed by atoms with Gasteiger partial charge >= 0.3 is 0 Å². The average molecular weight is 330 g/mol. The van der Waals surface area contributed by atoms with Crippen molar-refractivity contribution in [3.8, 4) is 5.75 Å². The highest BCUT2D eigenvalue weighted by molar-refractivity contribution is 5.88. The van der Waals surface area contributed by atoms with Crippen LogP contribution in [0, 0.1) is 5.92 Å². The predicted octanol–water partition coefficient (Wildman–Crippen LogP) is 2.21. The number of hydrogen-bond acceptors (Lipinski definition) is 4. The van der Waals surface area contributed by atoms with Gasteiger partial charge in [0.25, 0.3) is 0 Å². The zero-order valence-corrected chi connectivity index (χ0v) is 14.3. The van der Waals surface area contributed by atoms with Crippen LogP contribution in [0.5, 0.6) is 5.75 Å². The third-order valence-electron chi connectivity index (χ3n) is 5.07. The Morgan fingerprint density at radius 1 is 1.50 bits per heavy atom. The molecule has 1 aromatic rings. The highest BCUT2D eigenvalue weighted by atomic mass is 16.5. The molecule has 3 heterocycles. The molecular weight excluding hydrogens is 304 g/mol. The van der Waals surface area contributed by atoms with Crippen LogP contribution in [0.3, 0.4) is 0 Å². The second kappa shape index (κ2) is 6.95. The molecule has 0 aromatic heterocycles. The SMILES string of the molecule is C=CCc1cc(NC(C)=O)ccc1OCC1(O)CN2CCC1CC2. The maximum Gasteiger partial charge on any atom is 0.221 e. The molecule has 1 atom stereocenters. The number of hydrogen-bond donors (Lipinski definition) is 2. The molecule has 0 aliphatic carbocycles. The van der Waals surface area contributed by atoms with Gasteiger partial charge in [-0.25, -0.2) is 0 Å². The number of allylic oxidation sites excluding steroid dienone is 1. The van der Waals surface area contributed by atoms with Gasteiger partial charge in [0.15, 0.2) is 0 Å². The number of anilines is 1. The van der Waals surface area contributed by atoms with Crippen molar-refractivity contribution < 1.29 is 14.6 Å². The van der Waals surface area contributed by atoms with Crippen LogP contribution in [0.15, 0.2) is 30.9 Å². The van der Waals surface area contributed by atoms with Crippen LogP contribution in [0.25, 0.3) is 0 Å². The molecule has 3 aliphatic heterocycles. The van der Waals surface area contributed by atoms with Crippen molar-refractivity contribution in [2.75, 3.05) is 31.6 Å². The Bertz CT molecular complexity index is 623. The largest absolute Gasteiger partial charge is 0.490 e. The number of amides is 1. The highest BCUT2D eigenvalue weighted by Gasteiger charge is 2.46. The van der Waals surface area contributed by atoms with Gasteiger partial charge in [-0.3, -0.25) is 4.79 Å². The van der Waals surface area contributed by atoms with Gasteiger partial charge in [0.2, 0.25) is 5.91 Å². The lowest BCUT2D eigenvalue weighted by Crippen LogP contribution is -2.61. The molecule has 5 heteroatoms. The highest BCUT2D eigenvalue weighted by Crippen LogP contribution is 2.36. The molecule has 1 unspecified atom stereocenters. The van der Waals surface area contributed by atoms with E-state index in [0.29, 0.717) is 25.5 Å². The van der Waals surface area contributed by atoms with Crippen molar-refractivity contribution in [2.24, 2.45) is 5.92 Å². The van der Waals surface area contributed by atoms with E-state index >= 15 is 0 Å². The van der Waals surface area contributed by atoms with Crippen LogP contribution >= 0.6 is 0 Å². The Labute approximate surface area is 143 Å². The summed E-state index contributed by atoms with van der Waals surface area (Å²) in [4.78, 5) is 13.5. The number of nitrogens with one attached hydrogen (secondary N) is 1. The molecule has 3 saturated heterocycles. The first-order valence-corrected chi connectivity index (χ1v) is 8.59. The van der Waals surface area contributed by atoms with E-state index in [2.05, 4.69) is 16.8 Å². The van der Waals surface area contributed by atoms with E-state index in [0.717, 1.165) is 42.9 Å². The van der Waals surface area contributed by atoms with E-state index in [1.807, 2.05) is 24.3 Å². The van der Waals surface area contributed by atoms with Gasteiger partial charge in [-0.2, -0.15) is 0 Å². The topological polar surface area (TPSA) is 61.8 Å². The summed E-state index contributed by atoms with van der Waals surface area (Å²) in [5.74, 6) is 0.965. The lowest BCUT2D eigenvalue weighted by Gasteiger charge is -2.50. The quantitative estimate of drug-likeness (QED) is 0.785. The molecule has 1 amide bonds. The first kappa shape index (κ1) is 17.0. The molecule has 3 aliphatic rings. The third kappa shape index (κ3) is 3.62. The Balaban J connectivity index is 1.72. The Hall–Kier alpha value is -1.85.